The van der Waals surface area contributed by atoms with Crippen molar-refractivity contribution in [2.45, 2.75) is 0 Å². The molecule has 0 spiro atoms. The molecule has 0 saturated heterocycles. The van der Waals surface area contributed by atoms with Crippen LogP contribution in [0, 0.1) is 5.82 Å². The van der Waals surface area contributed by atoms with Crippen LogP contribution in [-0.2, 0) is 0 Å². The van der Waals surface area contributed by atoms with E-state index in [1.54, 1.807) is 18.2 Å². The number of hydrogen-bond acceptors (Lipinski definition) is 4. The summed E-state index contributed by atoms with van der Waals surface area (Å²) in [5.74, 6) is -0.757. The molecule has 0 unspecified atom stereocenters. The second-order valence-corrected chi connectivity index (χ2v) is 4.81. The van der Waals surface area contributed by atoms with Gasteiger partial charge in [-0.2, -0.15) is 4.68 Å². The minimum atomic E-state index is -0.381. The number of carbonyl (C=O) groups is 1. The summed E-state index contributed by atoms with van der Waals surface area (Å²) in [5, 5.41) is 14.0. The number of amides is 1. The Balaban J connectivity index is 1.94. The highest BCUT2D eigenvalue weighted by Gasteiger charge is 2.14. The molecule has 2 aromatic carbocycles. The maximum absolute atomic E-state index is 12.9. The van der Waals surface area contributed by atoms with E-state index in [-0.39, 0.29) is 11.7 Å². The Morgan fingerprint density at radius 2 is 1.95 bits per heavy atom. The summed E-state index contributed by atoms with van der Waals surface area (Å²) in [5.41, 5.74) is 1.25. The molecule has 6 nitrogen and oxygen atoms in total. The number of nitrogens with one attached hydrogen (secondary N) is 1. The van der Waals surface area contributed by atoms with Gasteiger partial charge < -0.3 is 5.32 Å². The standard InChI is InChI=1S/C14H9ClFN5O/c15-9-1-6-12(13(7-9)21-8-17-19-20-21)14(22)18-11-4-2-10(16)3-5-11/h1-8H,(H,18,22). The largest absolute Gasteiger partial charge is 0.322 e. The summed E-state index contributed by atoms with van der Waals surface area (Å²) in [6.45, 7) is 0. The van der Waals surface area contributed by atoms with Gasteiger partial charge >= 0.3 is 0 Å². The van der Waals surface area contributed by atoms with Crippen molar-refractivity contribution in [1.29, 1.82) is 0 Å². The van der Waals surface area contributed by atoms with Gasteiger partial charge in [-0.3, -0.25) is 4.79 Å². The van der Waals surface area contributed by atoms with Crippen molar-refractivity contribution in [3.63, 3.8) is 0 Å². The Morgan fingerprint density at radius 1 is 1.18 bits per heavy atom. The minimum absolute atomic E-state index is 0.334. The molecule has 110 valence electrons. The second-order valence-electron chi connectivity index (χ2n) is 4.38. The zero-order valence-corrected chi connectivity index (χ0v) is 11.8. The molecule has 0 atom stereocenters. The first-order valence-electron chi connectivity index (χ1n) is 6.23. The number of hydrogen-bond donors (Lipinski definition) is 1. The van der Waals surface area contributed by atoms with Crippen LogP contribution < -0.4 is 5.32 Å². The van der Waals surface area contributed by atoms with Gasteiger partial charge in [0.2, 0.25) is 0 Å². The summed E-state index contributed by atoms with van der Waals surface area (Å²) in [6, 6.07) is 10.2. The van der Waals surface area contributed by atoms with Gasteiger partial charge in [0.1, 0.15) is 12.1 Å². The summed E-state index contributed by atoms with van der Waals surface area (Å²) in [4.78, 5) is 12.4. The number of anilines is 1. The molecular formula is C14H9ClFN5O. The number of rotatable bonds is 3. The second kappa shape index (κ2) is 5.90. The summed E-state index contributed by atoms with van der Waals surface area (Å²) in [7, 11) is 0. The van der Waals surface area contributed by atoms with Gasteiger partial charge in [0.25, 0.3) is 5.91 Å². The van der Waals surface area contributed by atoms with E-state index >= 15 is 0 Å². The van der Waals surface area contributed by atoms with Crippen molar-refractivity contribution >= 4 is 23.2 Å². The SMILES string of the molecule is O=C(Nc1ccc(F)cc1)c1ccc(Cl)cc1-n1cnnn1. The van der Waals surface area contributed by atoms with E-state index in [4.69, 9.17) is 11.6 Å². The molecule has 1 N–H and O–H groups in total. The number of benzene rings is 2. The van der Waals surface area contributed by atoms with E-state index < -0.39 is 0 Å². The van der Waals surface area contributed by atoms with Gasteiger partial charge in [-0.1, -0.05) is 11.6 Å². The van der Waals surface area contributed by atoms with Crippen molar-refractivity contribution in [3.05, 3.63) is 65.2 Å². The van der Waals surface area contributed by atoms with Gasteiger partial charge in [-0.05, 0) is 52.9 Å². The van der Waals surface area contributed by atoms with E-state index in [2.05, 4.69) is 20.8 Å². The monoisotopic (exact) mass is 317 g/mol. The lowest BCUT2D eigenvalue weighted by molar-refractivity contribution is 0.102. The molecule has 0 aliphatic heterocycles. The molecule has 1 heterocycles. The fourth-order valence-corrected chi connectivity index (χ4v) is 2.06. The Hall–Kier alpha value is -2.80. The molecule has 0 fully saturated rings. The summed E-state index contributed by atoms with van der Waals surface area (Å²) in [6.07, 6.45) is 1.36. The molecule has 0 radical (unpaired) electrons. The quantitative estimate of drug-likeness (QED) is 0.806. The number of nitrogens with zero attached hydrogens (tertiary/aromatic N) is 4. The predicted octanol–water partition coefficient (Wildman–Crippen LogP) is 2.71. The van der Waals surface area contributed by atoms with Crippen LogP contribution in [0.15, 0.2) is 48.8 Å². The van der Waals surface area contributed by atoms with Gasteiger partial charge in [0.15, 0.2) is 0 Å². The molecule has 8 heteroatoms. The third-order valence-electron chi connectivity index (χ3n) is 2.90. The number of tetrazole rings is 1. The van der Waals surface area contributed by atoms with Crippen LogP contribution in [0.3, 0.4) is 0 Å². The van der Waals surface area contributed by atoms with Crippen molar-refractivity contribution in [1.82, 2.24) is 20.2 Å². The van der Waals surface area contributed by atoms with Crippen LogP contribution in [-0.4, -0.2) is 26.1 Å². The van der Waals surface area contributed by atoms with Crippen LogP contribution >= 0.6 is 11.6 Å². The molecular weight excluding hydrogens is 309 g/mol. The van der Waals surface area contributed by atoms with E-state index in [0.717, 1.165) is 0 Å². The zero-order valence-electron chi connectivity index (χ0n) is 11.1. The summed E-state index contributed by atoms with van der Waals surface area (Å²) >= 11 is 5.96. The molecule has 0 bridgehead atoms. The predicted molar refractivity (Wildman–Crippen MR) is 78.5 cm³/mol. The van der Waals surface area contributed by atoms with Gasteiger partial charge in [-0.25, -0.2) is 4.39 Å². The maximum Gasteiger partial charge on any atom is 0.257 e. The molecule has 0 aliphatic carbocycles. The first kappa shape index (κ1) is 14.2. The highest BCUT2D eigenvalue weighted by atomic mass is 35.5. The number of aromatic nitrogens is 4. The number of halogens is 2. The van der Waals surface area contributed by atoms with Crippen LogP contribution in [0.4, 0.5) is 10.1 Å². The molecule has 0 aliphatic rings. The van der Waals surface area contributed by atoms with Crippen molar-refractivity contribution in [2.24, 2.45) is 0 Å². The number of carbonyl (C=O) groups excluding carboxylic acids is 1. The van der Waals surface area contributed by atoms with Crippen LogP contribution in [0.2, 0.25) is 5.02 Å². The minimum Gasteiger partial charge on any atom is -0.322 e. The van der Waals surface area contributed by atoms with E-state index in [0.29, 0.717) is 22.0 Å². The summed E-state index contributed by atoms with van der Waals surface area (Å²) < 4.78 is 14.2. The highest BCUT2D eigenvalue weighted by molar-refractivity contribution is 6.31. The molecule has 3 rings (SSSR count). The topological polar surface area (TPSA) is 72.7 Å². The zero-order chi connectivity index (χ0) is 15.5. The third kappa shape index (κ3) is 2.94. The van der Waals surface area contributed by atoms with Crippen molar-refractivity contribution in [2.75, 3.05) is 5.32 Å². The van der Waals surface area contributed by atoms with Crippen molar-refractivity contribution < 1.29 is 9.18 Å². The average molecular weight is 318 g/mol. The molecule has 22 heavy (non-hydrogen) atoms. The lowest BCUT2D eigenvalue weighted by atomic mass is 10.1. The van der Waals surface area contributed by atoms with E-state index in [1.807, 2.05) is 0 Å². The Kier molecular flexibility index (Phi) is 3.80. The smallest absolute Gasteiger partial charge is 0.257 e. The van der Waals surface area contributed by atoms with Gasteiger partial charge in [0.05, 0.1) is 11.3 Å². The highest BCUT2D eigenvalue weighted by Crippen LogP contribution is 2.20. The normalized spacial score (nSPS) is 10.5. The molecule has 3 aromatic rings. The fourth-order valence-electron chi connectivity index (χ4n) is 1.89. The average Bonchev–Trinajstić information content (AvgIpc) is 3.03. The lowest BCUT2D eigenvalue weighted by Gasteiger charge is -2.10. The van der Waals surface area contributed by atoms with Crippen LogP contribution in [0.5, 0.6) is 0 Å². The lowest BCUT2D eigenvalue weighted by Crippen LogP contribution is -2.15. The molecule has 0 saturated carbocycles. The van der Waals surface area contributed by atoms with Crippen LogP contribution in [0.1, 0.15) is 10.4 Å². The Morgan fingerprint density at radius 3 is 2.64 bits per heavy atom. The van der Waals surface area contributed by atoms with Gasteiger partial charge in [-0.15, -0.1) is 5.10 Å². The van der Waals surface area contributed by atoms with Gasteiger partial charge in [0, 0.05) is 10.7 Å². The Bertz CT molecular complexity index is 805. The Labute approximate surface area is 129 Å². The van der Waals surface area contributed by atoms with Crippen LogP contribution in [0.25, 0.3) is 5.69 Å². The third-order valence-corrected chi connectivity index (χ3v) is 3.14. The maximum atomic E-state index is 12.9. The van der Waals surface area contributed by atoms with E-state index in [1.165, 1.54) is 35.3 Å². The van der Waals surface area contributed by atoms with Crippen molar-refractivity contribution in [3.8, 4) is 5.69 Å². The van der Waals surface area contributed by atoms with E-state index in [9.17, 15) is 9.18 Å². The fraction of sp³-hybridized carbons (Fsp3) is 0. The molecule has 1 aromatic heterocycles. The first-order chi connectivity index (χ1) is 10.6. The first-order valence-corrected chi connectivity index (χ1v) is 6.61. The molecule has 1 amide bonds.